The molecule has 0 radical (unpaired) electrons. The summed E-state index contributed by atoms with van der Waals surface area (Å²) in [5.74, 6) is 0.496. The fourth-order valence-electron chi connectivity index (χ4n) is 2.20. The van der Waals surface area contributed by atoms with E-state index in [9.17, 15) is 10.2 Å². The zero-order valence-corrected chi connectivity index (χ0v) is 11.1. The summed E-state index contributed by atoms with van der Waals surface area (Å²) in [7, 11) is 0. The zero-order valence-electron chi connectivity index (χ0n) is 11.1. The van der Waals surface area contributed by atoms with E-state index in [0.717, 1.165) is 18.4 Å². The molecular formula is C15H24O2. The zero-order chi connectivity index (χ0) is 12.9. The molecule has 0 saturated heterocycles. The third-order valence-electron chi connectivity index (χ3n) is 3.71. The lowest BCUT2D eigenvalue weighted by molar-refractivity contribution is 0.0964. The highest BCUT2D eigenvalue weighted by Gasteiger charge is 2.32. The van der Waals surface area contributed by atoms with Crippen molar-refractivity contribution in [2.75, 3.05) is 13.2 Å². The maximum atomic E-state index is 9.68. The van der Waals surface area contributed by atoms with Crippen LogP contribution in [0.25, 0.3) is 0 Å². The summed E-state index contributed by atoms with van der Waals surface area (Å²) in [5, 5.41) is 19.4. The molecule has 0 spiro atoms. The molecule has 1 rings (SSSR count). The molecule has 2 nitrogen and oxygen atoms in total. The highest BCUT2D eigenvalue weighted by molar-refractivity contribution is 5.29. The molecule has 17 heavy (non-hydrogen) atoms. The number of hydrogen-bond acceptors (Lipinski definition) is 2. The van der Waals surface area contributed by atoms with E-state index in [-0.39, 0.29) is 13.2 Å². The Bertz CT molecular complexity index is 325. The van der Waals surface area contributed by atoms with E-state index in [2.05, 4.69) is 13.8 Å². The molecule has 1 unspecified atom stereocenters. The SMILES string of the molecule is CCC(C)CC(CO)(CO)c1ccc(C)cc1. The van der Waals surface area contributed by atoms with Crippen molar-refractivity contribution in [1.82, 2.24) is 0 Å². The maximum absolute atomic E-state index is 9.68. The van der Waals surface area contributed by atoms with Crippen LogP contribution in [0.5, 0.6) is 0 Å². The van der Waals surface area contributed by atoms with Crippen LogP contribution in [0, 0.1) is 12.8 Å². The molecule has 0 aromatic heterocycles. The van der Waals surface area contributed by atoms with E-state index in [4.69, 9.17) is 0 Å². The van der Waals surface area contributed by atoms with E-state index in [0.29, 0.717) is 5.92 Å². The van der Waals surface area contributed by atoms with Gasteiger partial charge in [-0.2, -0.15) is 0 Å². The van der Waals surface area contributed by atoms with Crippen LogP contribution < -0.4 is 0 Å². The van der Waals surface area contributed by atoms with Gasteiger partial charge in [0.2, 0.25) is 0 Å². The first-order valence-electron chi connectivity index (χ1n) is 6.37. The number of rotatable bonds is 6. The Hall–Kier alpha value is -0.860. The second-order valence-corrected chi connectivity index (χ2v) is 5.18. The van der Waals surface area contributed by atoms with Crippen molar-refractivity contribution in [2.45, 2.75) is 39.0 Å². The van der Waals surface area contributed by atoms with E-state index < -0.39 is 5.41 Å². The third-order valence-corrected chi connectivity index (χ3v) is 3.71. The Morgan fingerprint density at radius 2 is 1.65 bits per heavy atom. The monoisotopic (exact) mass is 236 g/mol. The molecule has 0 amide bonds. The molecule has 0 fully saturated rings. The highest BCUT2D eigenvalue weighted by Crippen LogP contribution is 2.32. The smallest absolute Gasteiger partial charge is 0.0550 e. The Balaban J connectivity index is 3.01. The van der Waals surface area contributed by atoms with E-state index in [1.807, 2.05) is 31.2 Å². The number of aliphatic hydroxyl groups is 2. The Kier molecular flexibility index (Phi) is 5.16. The maximum Gasteiger partial charge on any atom is 0.0550 e. The van der Waals surface area contributed by atoms with Crippen LogP contribution in [0.1, 0.15) is 37.8 Å². The molecule has 0 aliphatic carbocycles. The summed E-state index contributed by atoms with van der Waals surface area (Å²) in [6, 6.07) is 8.10. The van der Waals surface area contributed by atoms with Crippen LogP contribution in [0.3, 0.4) is 0 Å². The first-order chi connectivity index (χ1) is 8.07. The van der Waals surface area contributed by atoms with Gasteiger partial charge in [-0.05, 0) is 24.8 Å². The Morgan fingerprint density at radius 1 is 1.12 bits per heavy atom. The summed E-state index contributed by atoms with van der Waals surface area (Å²) in [5.41, 5.74) is 1.74. The number of hydrogen-bond donors (Lipinski definition) is 2. The van der Waals surface area contributed by atoms with Gasteiger partial charge >= 0.3 is 0 Å². The topological polar surface area (TPSA) is 40.5 Å². The van der Waals surface area contributed by atoms with Crippen molar-refractivity contribution in [3.8, 4) is 0 Å². The summed E-state index contributed by atoms with van der Waals surface area (Å²) in [4.78, 5) is 0. The van der Waals surface area contributed by atoms with Crippen molar-refractivity contribution in [1.29, 1.82) is 0 Å². The number of aliphatic hydroxyl groups excluding tert-OH is 2. The number of benzene rings is 1. The summed E-state index contributed by atoms with van der Waals surface area (Å²) in [6.07, 6.45) is 1.88. The van der Waals surface area contributed by atoms with Crippen LogP contribution >= 0.6 is 0 Å². The van der Waals surface area contributed by atoms with Crippen molar-refractivity contribution >= 4 is 0 Å². The van der Waals surface area contributed by atoms with Crippen molar-refractivity contribution < 1.29 is 10.2 Å². The molecule has 2 heteroatoms. The van der Waals surface area contributed by atoms with Gasteiger partial charge < -0.3 is 10.2 Å². The second kappa shape index (κ2) is 6.18. The minimum Gasteiger partial charge on any atom is -0.395 e. The first-order valence-corrected chi connectivity index (χ1v) is 6.37. The van der Waals surface area contributed by atoms with Crippen molar-refractivity contribution in [3.05, 3.63) is 35.4 Å². The van der Waals surface area contributed by atoms with Gasteiger partial charge in [0.15, 0.2) is 0 Å². The molecule has 1 aromatic carbocycles. The predicted molar refractivity (Wildman–Crippen MR) is 71.1 cm³/mol. The van der Waals surface area contributed by atoms with E-state index in [1.165, 1.54) is 5.56 Å². The average Bonchev–Trinajstić information content (AvgIpc) is 2.37. The third kappa shape index (κ3) is 3.30. The molecule has 2 N–H and O–H groups in total. The Morgan fingerprint density at radius 3 is 2.06 bits per heavy atom. The van der Waals surface area contributed by atoms with Gasteiger partial charge in [0.25, 0.3) is 0 Å². The summed E-state index contributed by atoms with van der Waals surface area (Å²) >= 11 is 0. The molecule has 0 aliphatic rings. The molecule has 0 heterocycles. The van der Waals surface area contributed by atoms with Gasteiger partial charge in [-0.25, -0.2) is 0 Å². The lowest BCUT2D eigenvalue weighted by atomic mass is 9.74. The molecule has 0 aliphatic heterocycles. The second-order valence-electron chi connectivity index (χ2n) is 5.18. The van der Waals surface area contributed by atoms with Crippen molar-refractivity contribution in [3.63, 3.8) is 0 Å². The van der Waals surface area contributed by atoms with Crippen LogP contribution in [0.2, 0.25) is 0 Å². The Labute approximate surface area is 104 Å². The lowest BCUT2D eigenvalue weighted by Gasteiger charge is -2.33. The lowest BCUT2D eigenvalue weighted by Crippen LogP contribution is -2.36. The average molecular weight is 236 g/mol. The standard InChI is InChI=1S/C15H24O2/c1-4-12(2)9-15(10-16,11-17)14-7-5-13(3)6-8-14/h5-8,12,16-17H,4,9-11H2,1-3H3. The van der Waals surface area contributed by atoms with Crippen LogP contribution in [-0.4, -0.2) is 23.4 Å². The molecular weight excluding hydrogens is 212 g/mol. The molecule has 0 bridgehead atoms. The van der Waals surface area contributed by atoms with Gasteiger partial charge in [-0.3, -0.25) is 0 Å². The fraction of sp³-hybridized carbons (Fsp3) is 0.600. The van der Waals surface area contributed by atoms with Gasteiger partial charge in [-0.1, -0.05) is 50.1 Å². The van der Waals surface area contributed by atoms with Crippen LogP contribution in [0.15, 0.2) is 24.3 Å². The minimum absolute atomic E-state index is 0.00307. The van der Waals surface area contributed by atoms with Gasteiger partial charge in [0, 0.05) is 5.41 Å². The summed E-state index contributed by atoms with van der Waals surface area (Å²) < 4.78 is 0. The fourth-order valence-corrected chi connectivity index (χ4v) is 2.20. The van der Waals surface area contributed by atoms with E-state index >= 15 is 0 Å². The highest BCUT2D eigenvalue weighted by atomic mass is 16.3. The molecule has 0 saturated carbocycles. The van der Waals surface area contributed by atoms with Crippen molar-refractivity contribution in [2.24, 2.45) is 5.92 Å². The minimum atomic E-state index is -0.497. The number of aryl methyl sites for hydroxylation is 1. The van der Waals surface area contributed by atoms with Crippen LogP contribution in [0.4, 0.5) is 0 Å². The predicted octanol–water partition coefficient (Wildman–Crippen LogP) is 2.65. The van der Waals surface area contributed by atoms with E-state index in [1.54, 1.807) is 0 Å². The summed E-state index contributed by atoms with van der Waals surface area (Å²) in [6.45, 7) is 6.33. The largest absolute Gasteiger partial charge is 0.395 e. The normalized spacial score (nSPS) is 13.7. The molecule has 1 atom stereocenters. The van der Waals surface area contributed by atoms with Gasteiger partial charge in [0.1, 0.15) is 0 Å². The quantitative estimate of drug-likeness (QED) is 0.797. The molecule has 96 valence electrons. The van der Waals surface area contributed by atoms with Gasteiger partial charge in [0.05, 0.1) is 13.2 Å². The molecule has 1 aromatic rings. The first kappa shape index (κ1) is 14.2. The van der Waals surface area contributed by atoms with Gasteiger partial charge in [-0.15, -0.1) is 0 Å². The van der Waals surface area contributed by atoms with Crippen LogP contribution in [-0.2, 0) is 5.41 Å².